The maximum Gasteiger partial charge on any atom is 0.493 e. The van der Waals surface area contributed by atoms with Crippen molar-refractivity contribution in [1.29, 1.82) is 0 Å². The van der Waals surface area contributed by atoms with Gasteiger partial charge >= 0.3 is 12.1 Å². The predicted molar refractivity (Wildman–Crippen MR) is 90.3 cm³/mol. The smallest absolute Gasteiger partial charge is 0.399 e. The topological polar surface area (TPSA) is 104 Å². The molecular weight excluding hydrogens is 387 g/mol. The summed E-state index contributed by atoms with van der Waals surface area (Å²) >= 11 is 0. The van der Waals surface area contributed by atoms with Crippen molar-refractivity contribution < 1.29 is 31.2 Å². The van der Waals surface area contributed by atoms with Crippen LogP contribution in [0.2, 0.25) is 0 Å². The highest BCUT2D eigenvalue weighted by Crippen LogP contribution is 2.30. The average Bonchev–Trinajstić information content (AvgIpc) is 2.91. The van der Waals surface area contributed by atoms with Gasteiger partial charge in [-0.1, -0.05) is 17.0 Å². The summed E-state index contributed by atoms with van der Waals surface area (Å²) in [5.74, 6) is -2.44. The SMILES string of the molecule is CS(=O)(=O)c1cccc(-c2nn(OC(=O)C(F)(F)F)c3ccc(N)cc23)c1. The Kier molecular flexibility index (Phi) is 4.34. The van der Waals surface area contributed by atoms with Crippen LogP contribution in [0.3, 0.4) is 0 Å². The number of halogens is 3. The van der Waals surface area contributed by atoms with E-state index in [0.717, 1.165) is 6.26 Å². The Balaban J connectivity index is 2.20. The Bertz CT molecular complexity index is 1150. The number of nitrogens with two attached hydrogens (primary N) is 1. The number of carbonyl (C=O) groups excluding carboxylic acids is 1. The molecule has 2 aromatic carbocycles. The van der Waals surface area contributed by atoms with Crippen molar-refractivity contribution in [3.63, 3.8) is 0 Å². The van der Waals surface area contributed by atoms with Crippen molar-refractivity contribution in [2.24, 2.45) is 0 Å². The van der Waals surface area contributed by atoms with E-state index in [1.807, 2.05) is 0 Å². The lowest BCUT2D eigenvalue weighted by Crippen LogP contribution is -2.33. The molecule has 3 rings (SSSR count). The van der Waals surface area contributed by atoms with Crippen molar-refractivity contribution in [2.75, 3.05) is 12.0 Å². The number of anilines is 1. The molecule has 142 valence electrons. The summed E-state index contributed by atoms with van der Waals surface area (Å²) in [5, 5.41) is 4.19. The van der Waals surface area contributed by atoms with Crippen LogP contribution in [0.25, 0.3) is 22.2 Å². The molecule has 7 nitrogen and oxygen atoms in total. The Morgan fingerprint density at radius 3 is 2.52 bits per heavy atom. The Morgan fingerprint density at radius 1 is 1.19 bits per heavy atom. The van der Waals surface area contributed by atoms with Crippen LogP contribution in [0.4, 0.5) is 18.9 Å². The molecule has 3 aromatic rings. The second-order valence-electron chi connectivity index (χ2n) is 5.67. The predicted octanol–water partition coefficient (Wildman–Crippen LogP) is 2.21. The van der Waals surface area contributed by atoms with Crippen LogP contribution >= 0.6 is 0 Å². The number of hydrogen-bond acceptors (Lipinski definition) is 6. The Morgan fingerprint density at radius 2 is 1.89 bits per heavy atom. The number of nitrogen functional groups attached to an aromatic ring is 1. The van der Waals surface area contributed by atoms with Crippen molar-refractivity contribution in [1.82, 2.24) is 9.94 Å². The maximum atomic E-state index is 12.5. The quantitative estimate of drug-likeness (QED) is 0.677. The summed E-state index contributed by atoms with van der Waals surface area (Å²) in [7, 11) is -3.52. The molecule has 0 aliphatic heterocycles. The molecule has 0 fully saturated rings. The lowest BCUT2D eigenvalue weighted by molar-refractivity contribution is -0.200. The molecule has 0 radical (unpaired) electrons. The van der Waals surface area contributed by atoms with E-state index in [-0.39, 0.29) is 21.5 Å². The van der Waals surface area contributed by atoms with Crippen molar-refractivity contribution in [2.45, 2.75) is 11.1 Å². The van der Waals surface area contributed by atoms with Crippen LogP contribution in [-0.4, -0.2) is 36.8 Å². The second kappa shape index (κ2) is 6.27. The van der Waals surface area contributed by atoms with Gasteiger partial charge in [0.05, 0.1) is 4.90 Å². The van der Waals surface area contributed by atoms with Gasteiger partial charge in [-0.05, 0) is 30.3 Å². The highest BCUT2D eigenvalue weighted by atomic mass is 32.2. The number of hydrogen-bond donors (Lipinski definition) is 1. The number of carbonyl (C=O) groups is 1. The van der Waals surface area contributed by atoms with Gasteiger partial charge in [0.15, 0.2) is 9.84 Å². The number of fused-ring (bicyclic) bond motifs is 1. The first-order chi connectivity index (χ1) is 12.5. The summed E-state index contributed by atoms with van der Waals surface area (Å²) in [6.07, 6.45) is -4.19. The number of aromatic nitrogens is 2. The first-order valence-electron chi connectivity index (χ1n) is 7.35. The van der Waals surface area contributed by atoms with Gasteiger partial charge in [0.2, 0.25) is 0 Å². The molecule has 0 bridgehead atoms. The second-order valence-corrected chi connectivity index (χ2v) is 7.69. The van der Waals surface area contributed by atoms with Crippen LogP contribution in [0.1, 0.15) is 0 Å². The molecule has 1 heterocycles. The normalized spacial score (nSPS) is 12.3. The summed E-state index contributed by atoms with van der Waals surface area (Å²) in [6.45, 7) is 0. The minimum absolute atomic E-state index is 0.00103. The van der Waals surface area contributed by atoms with E-state index in [2.05, 4.69) is 9.94 Å². The van der Waals surface area contributed by atoms with Gasteiger partial charge in [-0.2, -0.15) is 13.2 Å². The third-order valence-electron chi connectivity index (χ3n) is 3.61. The summed E-state index contributed by atoms with van der Waals surface area (Å²) < 4.78 is 61.0. The van der Waals surface area contributed by atoms with Gasteiger partial charge in [-0.25, -0.2) is 13.2 Å². The van der Waals surface area contributed by atoms with Gasteiger partial charge in [-0.3, -0.25) is 0 Å². The molecule has 0 amide bonds. The number of sulfone groups is 1. The first-order valence-corrected chi connectivity index (χ1v) is 9.24. The zero-order valence-electron chi connectivity index (χ0n) is 13.7. The number of alkyl halides is 3. The van der Waals surface area contributed by atoms with Crippen LogP contribution in [0.15, 0.2) is 47.4 Å². The van der Waals surface area contributed by atoms with Crippen LogP contribution < -0.4 is 10.6 Å². The third kappa shape index (κ3) is 3.72. The Hall–Kier alpha value is -3.08. The highest BCUT2D eigenvalue weighted by molar-refractivity contribution is 7.90. The number of nitrogens with zero attached hydrogens (tertiary/aromatic N) is 2. The van der Waals surface area contributed by atoms with Crippen LogP contribution in [0.5, 0.6) is 0 Å². The monoisotopic (exact) mass is 399 g/mol. The molecule has 0 aliphatic rings. The van der Waals surface area contributed by atoms with Crippen LogP contribution in [0, 0.1) is 0 Å². The lowest BCUT2D eigenvalue weighted by Gasteiger charge is -2.06. The average molecular weight is 399 g/mol. The molecular formula is C16H12F3N3O4S. The fourth-order valence-corrected chi connectivity index (χ4v) is 3.06. The molecule has 27 heavy (non-hydrogen) atoms. The van der Waals surface area contributed by atoms with E-state index in [0.29, 0.717) is 16.1 Å². The van der Waals surface area contributed by atoms with Gasteiger partial charge in [-0.15, -0.1) is 5.10 Å². The van der Waals surface area contributed by atoms with E-state index >= 15 is 0 Å². The van der Waals surface area contributed by atoms with Gasteiger partial charge < -0.3 is 10.6 Å². The minimum Gasteiger partial charge on any atom is -0.399 e. The lowest BCUT2D eigenvalue weighted by atomic mass is 10.1. The number of rotatable bonds is 3. The zero-order chi connectivity index (χ0) is 20.0. The van der Waals surface area contributed by atoms with Crippen molar-refractivity contribution in [3.05, 3.63) is 42.5 Å². The molecule has 0 atom stereocenters. The molecule has 1 aromatic heterocycles. The number of benzene rings is 2. The zero-order valence-corrected chi connectivity index (χ0v) is 14.5. The molecule has 0 saturated heterocycles. The largest absolute Gasteiger partial charge is 0.493 e. The van der Waals surface area contributed by atoms with E-state index in [9.17, 15) is 26.4 Å². The van der Waals surface area contributed by atoms with E-state index in [1.165, 1.54) is 42.5 Å². The standard InChI is InChI=1S/C16H12F3N3O4S/c1-27(24,25)11-4-2-3-9(7-11)14-12-8-10(20)5-6-13(12)22(21-14)26-15(23)16(17,18)19/h2-8H,20H2,1H3. The fraction of sp³-hybridized carbons (Fsp3) is 0.125. The maximum absolute atomic E-state index is 12.5. The molecule has 11 heteroatoms. The molecule has 0 aliphatic carbocycles. The minimum atomic E-state index is -5.21. The van der Waals surface area contributed by atoms with E-state index in [1.54, 1.807) is 0 Å². The summed E-state index contributed by atoms with van der Waals surface area (Å²) in [5.41, 5.74) is 6.49. The van der Waals surface area contributed by atoms with Crippen molar-refractivity contribution in [3.8, 4) is 11.3 Å². The molecule has 0 unspecified atom stereocenters. The molecule has 2 N–H and O–H groups in total. The Labute approximate surface area is 151 Å². The highest BCUT2D eigenvalue weighted by Gasteiger charge is 2.42. The van der Waals surface area contributed by atoms with E-state index < -0.39 is 22.0 Å². The first kappa shape index (κ1) is 18.7. The van der Waals surface area contributed by atoms with Crippen LogP contribution in [-0.2, 0) is 14.6 Å². The third-order valence-corrected chi connectivity index (χ3v) is 4.72. The molecule has 0 saturated carbocycles. The van der Waals surface area contributed by atoms with Gasteiger partial charge in [0, 0.05) is 22.9 Å². The van der Waals surface area contributed by atoms with Crippen molar-refractivity contribution >= 4 is 32.4 Å². The van der Waals surface area contributed by atoms with E-state index in [4.69, 9.17) is 5.73 Å². The fourth-order valence-electron chi connectivity index (χ4n) is 2.40. The summed E-state index contributed by atoms with van der Waals surface area (Å²) in [6, 6.07) is 9.85. The summed E-state index contributed by atoms with van der Waals surface area (Å²) in [4.78, 5) is 15.9. The molecule has 0 spiro atoms. The van der Waals surface area contributed by atoms with Gasteiger partial charge in [0.1, 0.15) is 11.2 Å². The van der Waals surface area contributed by atoms with Gasteiger partial charge in [0.25, 0.3) is 0 Å².